The molecule has 2 amide bonds. The van der Waals surface area contributed by atoms with E-state index in [1.165, 1.54) is 6.26 Å². The lowest BCUT2D eigenvalue weighted by Crippen LogP contribution is -2.28. The van der Waals surface area contributed by atoms with Gasteiger partial charge in [0.25, 0.3) is 5.91 Å². The summed E-state index contributed by atoms with van der Waals surface area (Å²) in [6, 6.07) is 13.1. The second-order valence-electron chi connectivity index (χ2n) is 6.22. The quantitative estimate of drug-likeness (QED) is 0.622. The number of nitrogens with zero attached hydrogens (tertiary/aromatic N) is 3. The monoisotopic (exact) mass is 366 g/mol. The molecule has 7 nitrogen and oxygen atoms in total. The summed E-state index contributed by atoms with van der Waals surface area (Å²) in [6.45, 7) is 0.912. The number of carbonyl (C=O) groups is 2. The molecule has 1 aromatic carbocycles. The van der Waals surface area contributed by atoms with Crippen LogP contribution in [-0.2, 0) is 11.3 Å². The summed E-state index contributed by atoms with van der Waals surface area (Å²) in [4.78, 5) is 25.7. The SMILES string of the molecule is CN(Cc1cnn(-c2ccccc2)c1)C(=O)CCCNC(=O)c1ccco1. The van der Waals surface area contributed by atoms with Crippen molar-refractivity contribution < 1.29 is 14.0 Å². The van der Waals surface area contributed by atoms with Crippen LogP contribution in [0.2, 0.25) is 0 Å². The van der Waals surface area contributed by atoms with Crippen molar-refractivity contribution in [3.63, 3.8) is 0 Å². The first-order chi connectivity index (χ1) is 13.1. The van der Waals surface area contributed by atoms with Crippen molar-refractivity contribution in [2.24, 2.45) is 0 Å². The zero-order chi connectivity index (χ0) is 19.1. The van der Waals surface area contributed by atoms with Gasteiger partial charge in [-0.05, 0) is 30.7 Å². The molecule has 0 aliphatic heterocycles. The van der Waals surface area contributed by atoms with Crippen molar-refractivity contribution in [1.29, 1.82) is 0 Å². The number of aromatic nitrogens is 2. The molecule has 3 aromatic rings. The van der Waals surface area contributed by atoms with Crippen molar-refractivity contribution in [3.8, 4) is 5.69 Å². The van der Waals surface area contributed by atoms with Crippen LogP contribution in [0, 0.1) is 0 Å². The van der Waals surface area contributed by atoms with Crippen LogP contribution in [-0.4, -0.2) is 40.1 Å². The van der Waals surface area contributed by atoms with Gasteiger partial charge in [-0.25, -0.2) is 4.68 Å². The molecule has 0 aliphatic carbocycles. The standard InChI is InChI=1S/C20H22N4O3/c1-23(14-16-13-22-24(15-16)17-7-3-2-4-8-17)19(25)10-5-11-21-20(26)18-9-6-12-27-18/h2-4,6-9,12-13,15H,5,10-11,14H2,1H3,(H,21,26). The molecule has 0 saturated carbocycles. The third-order valence-corrected chi connectivity index (χ3v) is 4.10. The Morgan fingerprint density at radius 1 is 1.19 bits per heavy atom. The molecule has 27 heavy (non-hydrogen) atoms. The maximum Gasteiger partial charge on any atom is 0.286 e. The van der Waals surface area contributed by atoms with Crippen LogP contribution in [0.3, 0.4) is 0 Å². The highest BCUT2D eigenvalue weighted by atomic mass is 16.3. The molecule has 1 N–H and O–H groups in total. The first kappa shape index (κ1) is 18.4. The molecule has 140 valence electrons. The van der Waals surface area contributed by atoms with Crippen LogP contribution in [0.25, 0.3) is 5.69 Å². The maximum absolute atomic E-state index is 12.3. The van der Waals surface area contributed by atoms with Gasteiger partial charge in [-0.1, -0.05) is 18.2 Å². The number of para-hydroxylation sites is 1. The minimum absolute atomic E-state index is 0.0229. The summed E-state index contributed by atoms with van der Waals surface area (Å²) >= 11 is 0. The minimum atomic E-state index is -0.269. The van der Waals surface area contributed by atoms with Crippen molar-refractivity contribution in [1.82, 2.24) is 20.0 Å². The number of rotatable bonds is 8. The van der Waals surface area contributed by atoms with Crippen molar-refractivity contribution >= 4 is 11.8 Å². The van der Waals surface area contributed by atoms with Gasteiger partial charge in [0.2, 0.25) is 5.91 Å². The second kappa shape index (κ2) is 8.84. The number of nitrogens with one attached hydrogen (secondary N) is 1. The predicted molar refractivity (Wildman–Crippen MR) is 100 cm³/mol. The predicted octanol–water partition coefficient (Wildman–Crippen LogP) is 2.63. The van der Waals surface area contributed by atoms with Gasteiger partial charge in [0.1, 0.15) is 0 Å². The lowest BCUT2D eigenvalue weighted by molar-refractivity contribution is -0.130. The first-order valence-electron chi connectivity index (χ1n) is 8.78. The van der Waals surface area contributed by atoms with Gasteiger partial charge < -0.3 is 14.6 Å². The maximum atomic E-state index is 12.3. The number of benzene rings is 1. The van der Waals surface area contributed by atoms with Crippen molar-refractivity contribution in [2.45, 2.75) is 19.4 Å². The number of hydrogen-bond acceptors (Lipinski definition) is 4. The summed E-state index contributed by atoms with van der Waals surface area (Å²) in [7, 11) is 1.77. The number of amides is 2. The van der Waals surface area contributed by atoms with Gasteiger partial charge >= 0.3 is 0 Å². The highest BCUT2D eigenvalue weighted by Crippen LogP contribution is 2.10. The Balaban J connectivity index is 1.41. The zero-order valence-corrected chi connectivity index (χ0v) is 15.2. The molecule has 0 aliphatic rings. The van der Waals surface area contributed by atoms with E-state index in [-0.39, 0.29) is 17.6 Å². The molecule has 2 aromatic heterocycles. The molecular formula is C20H22N4O3. The molecule has 0 radical (unpaired) electrons. The highest BCUT2D eigenvalue weighted by Gasteiger charge is 2.12. The lowest BCUT2D eigenvalue weighted by atomic mass is 10.2. The van der Waals surface area contributed by atoms with E-state index < -0.39 is 0 Å². The minimum Gasteiger partial charge on any atom is -0.459 e. The second-order valence-corrected chi connectivity index (χ2v) is 6.22. The average Bonchev–Trinajstić information content (AvgIpc) is 3.37. The smallest absolute Gasteiger partial charge is 0.286 e. The van der Waals surface area contributed by atoms with E-state index in [1.54, 1.807) is 35.0 Å². The third kappa shape index (κ3) is 5.07. The Morgan fingerprint density at radius 2 is 2.00 bits per heavy atom. The van der Waals surface area contributed by atoms with Gasteiger partial charge in [0.15, 0.2) is 5.76 Å². The summed E-state index contributed by atoms with van der Waals surface area (Å²) in [5, 5.41) is 7.07. The number of hydrogen-bond donors (Lipinski definition) is 1. The zero-order valence-electron chi connectivity index (χ0n) is 15.2. The van der Waals surface area contributed by atoms with Crippen LogP contribution in [0.1, 0.15) is 29.0 Å². The molecular weight excluding hydrogens is 344 g/mol. The van der Waals surface area contributed by atoms with Crippen LogP contribution < -0.4 is 5.32 Å². The molecule has 0 spiro atoms. The fourth-order valence-corrected chi connectivity index (χ4v) is 2.65. The average molecular weight is 366 g/mol. The van der Waals surface area contributed by atoms with Gasteiger partial charge in [0.05, 0.1) is 18.1 Å². The van der Waals surface area contributed by atoms with E-state index >= 15 is 0 Å². The lowest BCUT2D eigenvalue weighted by Gasteiger charge is -2.16. The molecule has 0 bridgehead atoms. The Morgan fingerprint density at radius 3 is 2.74 bits per heavy atom. The van der Waals surface area contributed by atoms with E-state index in [1.807, 2.05) is 36.5 Å². The Hall–Kier alpha value is -3.35. The fraction of sp³-hybridized carbons (Fsp3) is 0.250. The summed E-state index contributed by atoms with van der Waals surface area (Å²) in [5.41, 5.74) is 1.94. The fourth-order valence-electron chi connectivity index (χ4n) is 2.65. The van der Waals surface area contributed by atoms with E-state index in [0.717, 1.165) is 11.3 Å². The van der Waals surface area contributed by atoms with E-state index in [2.05, 4.69) is 10.4 Å². The summed E-state index contributed by atoms with van der Waals surface area (Å²) in [5.74, 6) is 0.0257. The molecule has 0 saturated heterocycles. The molecule has 0 atom stereocenters. The summed E-state index contributed by atoms with van der Waals surface area (Å²) < 4.78 is 6.81. The van der Waals surface area contributed by atoms with Crippen LogP contribution in [0.5, 0.6) is 0 Å². The van der Waals surface area contributed by atoms with E-state index in [9.17, 15) is 9.59 Å². The largest absolute Gasteiger partial charge is 0.459 e. The Kier molecular flexibility index (Phi) is 6.04. The molecule has 2 heterocycles. The number of carbonyl (C=O) groups excluding carboxylic acids is 2. The first-order valence-corrected chi connectivity index (χ1v) is 8.78. The molecule has 0 fully saturated rings. The van der Waals surface area contributed by atoms with Crippen LogP contribution in [0.15, 0.2) is 65.5 Å². The highest BCUT2D eigenvalue weighted by molar-refractivity contribution is 5.91. The van der Waals surface area contributed by atoms with Crippen molar-refractivity contribution in [3.05, 3.63) is 72.4 Å². The number of furan rings is 1. The molecule has 3 rings (SSSR count). The van der Waals surface area contributed by atoms with Gasteiger partial charge in [0, 0.05) is 38.3 Å². The van der Waals surface area contributed by atoms with Gasteiger partial charge in [-0.15, -0.1) is 0 Å². The topological polar surface area (TPSA) is 80.4 Å². The summed E-state index contributed by atoms with van der Waals surface area (Å²) in [6.07, 6.45) is 6.07. The Bertz CT molecular complexity index is 872. The van der Waals surface area contributed by atoms with E-state index in [0.29, 0.717) is 25.9 Å². The normalized spacial score (nSPS) is 10.6. The Labute approximate surface area is 157 Å². The molecule has 0 unspecified atom stereocenters. The van der Waals surface area contributed by atoms with Crippen LogP contribution >= 0.6 is 0 Å². The van der Waals surface area contributed by atoms with Crippen LogP contribution in [0.4, 0.5) is 0 Å². The molecule has 7 heteroatoms. The van der Waals surface area contributed by atoms with Gasteiger partial charge in [-0.2, -0.15) is 5.10 Å². The third-order valence-electron chi connectivity index (χ3n) is 4.10. The van der Waals surface area contributed by atoms with Gasteiger partial charge in [-0.3, -0.25) is 9.59 Å². The van der Waals surface area contributed by atoms with E-state index in [4.69, 9.17) is 4.42 Å². The van der Waals surface area contributed by atoms with Crippen molar-refractivity contribution in [2.75, 3.05) is 13.6 Å².